The minimum atomic E-state index is 0.821. The van der Waals surface area contributed by atoms with Crippen molar-refractivity contribution in [3.8, 4) is 0 Å². The van der Waals surface area contributed by atoms with E-state index < -0.39 is 0 Å². The van der Waals surface area contributed by atoms with E-state index in [0.29, 0.717) is 0 Å². The second kappa shape index (κ2) is 4.85. The second-order valence-corrected chi connectivity index (χ2v) is 4.58. The van der Waals surface area contributed by atoms with Crippen LogP contribution in [0.2, 0.25) is 0 Å². The third-order valence-electron chi connectivity index (χ3n) is 3.25. The molecule has 3 heterocycles. The molecule has 17 heavy (non-hydrogen) atoms. The molecule has 2 aromatic rings. The predicted molar refractivity (Wildman–Crippen MR) is 67.5 cm³/mol. The predicted octanol–water partition coefficient (Wildman–Crippen LogP) is 1.82. The van der Waals surface area contributed by atoms with Gasteiger partial charge < -0.3 is 4.40 Å². The zero-order chi connectivity index (χ0) is 11.5. The Morgan fingerprint density at radius 3 is 2.88 bits per heavy atom. The fourth-order valence-corrected chi connectivity index (χ4v) is 2.32. The quantitative estimate of drug-likeness (QED) is 0.873. The summed E-state index contributed by atoms with van der Waals surface area (Å²) >= 11 is 0. The maximum Gasteiger partial charge on any atom is 0.137 e. The summed E-state index contributed by atoms with van der Waals surface area (Å²) in [5.41, 5.74) is 5.57. The lowest BCUT2D eigenvalue weighted by atomic mass is 10.2. The van der Waals surface area contributed by atoms with E-state index >= 15 is 0 Å². The number of hydrogen-bond donors (Lipinski definition) is 1. The Kier molecular flexibility index (Phi) is 3.07. The fourth-order valence-electron chi connectivity index (χ4n) is 2.32. The lowest BCUT2D eigenvalue weighted by Crippen LogP contribution is -2.41. The maximum atomic E-state index is 4.57. The molecule has 0 aliphatic carbocycles. The van der Waals surface area contributed by atoms with E-state index in [1.807, 2.05) is 24.4 Å². The molecule has 0 atom stereocenters. The monoisotopic (exact) mass is 230 g/mol. The van der Waals surface area contributed by atoms with Gasteiger partial charge in [0.1, 0.15) is 5.65 Å². The Balaban J connectivity index is 1.64. The van der Waals surface area contributed by atoms with Gasteiger partial charge in [0.25, 0.3) is 0 Å². The first kappa shape index (κ1) is 10.7. The van der Waals surface area contributed by atoms with E-state index in [0.717, 1.165) is 31.0 Å². The Labute approximate surface area is 101 Å². The average molecular weight is 230 g/mol. The van der Waals surface area contributed by atoms with Gasteiger partial charge in [0.05, 0.1) is 12.2 Å². The molecule has 1 aliphatic rings. The van der Waals surface area contributed by atoms with E-state index in [2.05, 4.69) is 26.0 Å². The molecular formula is C13H18N4. The highest BCUT2D eigenvalue weighted by Crippen LogP contribution is 2.08. The van der Waals surface area contributed by atoms with E-state index in [9.17, 15) is 0 Å². The van der Waals surface area contributed by atoms with E-state index in [1.54, 1.807) is 0 Å². The van der Waals surface area contributed by atoms with E-state index in [1.165, 1.54) is 19.3 Å². The van der Waals surface area contributed by atoms with Gasteiger partial charge >= 0.3 is 0 Å². The number of aromatic nitrogens is 2. The SMILES string of the molecule is c1ccn2cc(CNN3CCCCC3)nc2c1. The van der Waals surface area contributed by atoms with Crippen LogP contribution in [-0.2, 0) is 6.54 Å². The fraction of sp³-hybridized carbons (Fsp3) is 0.462. The topological polar surface area (TPSA) is 32.6 Å². The molecule has 90 valence electrons. The Bertz CT molecular complexity index is 452. The zero-order valence-electron chi connectivity index (χ0n) is 9.97. The van der Waals surface area contributed by atoms with Crippen LogP contribution in [-0.4, -0.2) is 27.5 Å². The van der Waals surface area contributed by atoms with Gasteiger partial charge in [-0.1, -0.05) is 12.5 Å². The molecule has 1 N–H and O–H groups in total. The van der Waals surface area contributed by atoms with Crippen molar-refractivity contribution in [2.45, 2.75) is 25.8 Å². The highest BCUT2D eigenvalue weighted by Gasteiger charge is 2.09. The van der Waals surface area contributed by atoms with Gasteiger partial charge in [-0.05, 0) is 25.0 Å². The molecule has 4 nitrogen and oxygen atoms in total. The second-order valence-electron chi connectivity index (χ2n) is 4.58. The summed E-state index contributed by atoms with van der Waals surface area (Å²) in [5, 5.41) is 2.31. The van der Waals surface area contributed by atoms with Crippen LogP contribution in [0, 0.1) is 0 Å². The third-order valence-corrected chi connectivity index (χ3v) is 3.25. The molecular weight excluding hydrogens is 212 g/mol. The van der Waals surface area contributed by atoms with Crippen LogP contribution in [0.4, 0.5) is 0 Å². The Morgan fingerprint density at radius 2 is 2.06 bits per heavy atom. The number of piperidine rings is 1. The van der Waals surface area contributed by atoms with Crippen molar-refractivity contribution >= 4 is 5.65 Å². The van der Waals surface area contributed by atoms with Crippen LogP contribution < -0.4 is 5.43 Å². The van der Waals surface area contributed by atoms with Crippen molar-refractivity contribution < 1.29 is 0 Å². The van der Waals surface area contributed by atoms with Crippen molar-refractivity contribution in [2.24, 2.45) is 0 Å². The summed E-state index contributed by atoms with van der Waals surface area (Å²) in [6, 6.07) is 6.07. The normalized spacial score (nSPS) is 17.6. The average Bonchev–Trinajstić information content (AvgIpc) is 2.80. The standard InChI is InChI=1S/C13H18N4/c1-3-8-17(9-4-1)14-10-12-11-16-7-5-2-6-13(16)15-12/h2,5-7,11,14H,1,3-4,8-10H2. The van der Waals surface area contributed by atoms with Crippen molar-refractivity contribution in [3.05, 3.63) is 36.3 Å². The molecule has 0 spiro atoms. The van der Waals surface area contributed by atoms with Crippen LogP contribution in [0.15, 0.2) is 30.6 Å². The molecule has 4 heteroatoms. The summed E-state index contributed by atoms with van der Waals surface area (Å²) in [6.45, 7) is 3.14. The van der Waals surface area contributed by atoms with Crippen LogP contribution in [0.25, 0.3) is 5.65 Å². The molecule has 1 fully saturated rings. The molecule has 1 saturated heterocycles. The molecule has 0 saturated carbocycles. The number of fused-ring (bicyclic) bond motifs is 1. The molecule has 1 aliphatic heterocycles. The van der Waals surface area contributed by atoms with E-state index in [-0.39, 0.29) is 0 Å². The lowest BCUT2D eigenvalue weighted by Gasteiger charge is -2.26. The van der Waals surface area contributed by atoms with Crippen molar-refractivity contribution in [2.75, 3.05) is 13.1 Å². The largest absolute Gasteiger partial charge is 0.307 e. The molecule has 2 aromatic heterocycles. The molecule has 3 rings (SSSR count). The first-order valence-corrected chi connectivity index (χ1v) is 6.33. The van der Waals surface area contributed by atoms with E-state index in [4.69, 9.17) is 0 Å². The van der Waals surface area contributed by atoms with Gasteiger partial charge in [0, 0.05) is 25.5 Å². The number of hydrogen-bond acceptors (Lipinski definition) is 3. The third kappa shape index (κ3) is 2.48. The number of hydrazine groups is 1. The summed E-state index contributed by atoms with van der Waals surface area (Å²) in [4.78, 5) is 4.57. The van der Waals surface area contributed by atoms with Gasteiger partial charge in [0.2, 0.25) is 0 Å². The van der Waals surface area contributed by atoms with Gasteiger partial charge in [-0.15, -0.1) is 0 Å². The van der Waals surface area contributed by atoms with Crippen molar-refractivity contribution in [1.82, 2.24) is 19.8 Å². The lowest BCUT2D eigenvalue weighted by molar-refractivity contribution is 0.150. The highest BCUT2D eigenvalue weighted by molar-refractivity contribution is 5.39. The smallest absolute Gasteiger partial charge is 0.137 e. The van der Waals surface area contributed by atoms with Crippen LogP contribution in [0.3, 0.4) is 0 Å². The van der Waals surface area contributed by atoms with Gasteiger partial charge in [-0.25, -0.2) is 15.4 Å². The first-order valence-electron chi connectivity index (χ1n) is 6.33. The van der Waals surface area contributed by atoms with Gasteiger partial charge in [-0.3, -0.25) is 0 Å². The minimum Gasteiger partial charge on any atom is -0.307 e. The van der Waals surface area contributed by atoms with Gasteiger partial charge in [0.15, 0.2) is 0 Å². The molecule has 0 amide bonds. The number of rotatable bonds is 3. The van der Waals surface area contributed by atoms with Crippen LogP contribution in [0.1, 0.15) is 25.0 Å². The summed E-state index contributed by atoms with van der Waals surface area (Å²) in [5.74, 6) is 0. The molecule has 0 unspecified atom stereocenters. The van der Waals surface area contributed by atoms with Crippen molar-refractivity contribution in [3.63, 3.8) is 0 Å². The zero-order valence-corrected chi connectivity index (χ0v) is 9.97. The number of imidazole rings is 1. The highest BCUT2D eigenvalue weighted by atomic mass is 15.5. The number of pyridine rings is 1. The minimum absolute atomic E-state index is 0.821. The maximum absolute atomic E-state index is 4.57. The summed E-state index contributed by atoms with van der Waals surface area (Å²) in [6.07, 6.45) is 8.10. The van der Waals surface area contributed by atoms with Crippen LogP contribution >= 0.6 is 0 Å². The number of nitrogens with zero attached hydrogens (tertiary/aromatic N) is 3. The molecule has 0 radical (unpaired) electrons. The number of nitrogens with one attached hydrogen (secondary N) is 1. The molecule has 0 bridgehead atoms. The summed E-state index contributed by atoms with van der Waals surface area (Å²) in [7, 11) is 0. The molecule has 0 aromatic carbocycles. The van der Waals surface area contributed by atoms with Crippen molar-refractivity contribution in [1.29, 1.82) is 0 Å². The first-order chi connectivity index (χ1) is 8.42. The Morgan fingerprint density at radius 1 is 1.18 bits per heavy atom. The Hall–Kier alpha value is -1.39. The van der Waals surface area contributed by atoms with Crippen LogP contribution in [0.5, 0.6) is 0 Å². The summed E-state index contributed by atoms with van der Waals surface area (Å²) < 4.78 is 2.06. The van der Waals surface area contributed by atoms with Gasteiger partial charge in [-0.2, -0.15) is 0 Å².